The molecule has 0 saturated carbocycles. The molecule has 0 amide bonds. The molecule has 142 valence electrons. The van der Waals surface area contributed by atoms with Crippen LogP contribution in [0.1, 0.15) is 34.6 Å². The maximum Gasteiger partial charge on any atom is 0.308 e. The van der Waals surface area contributed by atoms with E-state index in [4.69, 9.17) is 13.9 Å². The molecule has 5 atom stereocenters. The Bertz CT molecular complexity index is 433. The van der Waals surface area contributed by atoms with E-state index in [1.807, 2.05) is 0 Å². The lowest BCUT2D eigenvalue weighted by atomic mass is 9.99. The average molecular weight is 365 g/mol. The van der Waals surface area contributed by atoms with Gasteiger partial charge in [-0.1, -0.05) is 34.6 Å². The molecule has 0 aliphatic carbocycles. The van der Waals surface area contributed by atoms with E-state index in [0.29, 0.717) is 0 Å². The molecule has 1 heterocycles. The molecule has 24 heavy (non-hydrogen) atoms. The van der Waals surface area contributed by atoms with Crippen LogP contribution < -0.4 is 0 Å². The van der Waals surface area contributed by atoms with Gasteiger partial charge in [-0.2, -0.15) is 0 Å². The van der Waals surface area contributed by atoms with Crippen LogP contribution in [0.5, 0.6) is 0 Å². The smallest absolute Gasteiger partial charge is 0.308 e. The van der Waals surface area contributed by atoms with Gasteiger partial charge in [-0.05, 0) is 18.1 Å². The quantitative estimate of drug-likeness (QED) is 0.494. The van der Waals surface area contributed by atoms with Gasteiger partial charge in [0, 0.05) is 0 Å². The summed E-state index contributed by atoms with van der Waals surface area (Å²) in [6.07, 6.45) is -6.48. The molecule has 0 unspecified atom stereocenters. The predicted molar refractivity (Wildman–Crippen MR) is 90.8 cm³/mol. The number of rotatable bonds is 5. The molecule has 0 radical (unpaired) electrons. The van der Waals surface area contributed by atoms with E-state index in [1.165, 1.54) is 0 Å². The van der Waals surface area contributed by atoms with Crippen molar-refractivity contribution in [3.63, 3.8) is 0 Å². The van der Waals surface area contributed by atoms with Gasteiger partial charge in [-0.25, -0.2) is 0 Å². The van der Waals surface area contributed by atoms with Gasteiger partial charge < -0.3 is 29.2 Å². The summed E-state index contributed by atoms with van der Waals surface area (Å²) in [6.45, 7) is 13.7. The monoisotopic (exact) mass is 364 g/mol. The lowest BCUT2D eigenvalue weighted by Gasteiger charge is -2.42. The van der Waals surface area contributed by atoms with E-state index in [9.17, 15) is 20.1 Å². The molecule has 0 aromatic rings. The molecule has 1 fully saturated rings. The van der Waals surface area contributed by atoms with Gasteiger partial charge in [-0.3, -0.25) is 4.79 Å². The third-order valence-electron chi connectivity index (χ3n) is 4.80. The summed E-state index contributed by atoms with van der Waals surface area (Å²) >= 11 is 0. The Balaban J connectivity index is 2.80. The lowest BCUT2D eigenvalue weighted by Crippen LogP contribution is -2.61. The van der Waals surface area contributed by atoms with Crippen LogP contribution in [-0.2, 0) is 18.7 Å². The van der Waals surface area contributed by atoms with Crippen LogP contribution in [0.15, 0.2) is 0 Å². The molecule has 0 aromatic carbocycles. The third kappa shape index (κ3) is 5.00. The highest BCUT2D eigenvalue weighted by atomic mass is 28.4. The van der Waals surface area contributed by atoms with Crippen molar-refractivity contribution in [2.75, 3.05) is 6.61 Å². The van der Waals surface area contributed by atoms with Crippen LogP contribution >= 0.6 is 0 Å². The van der Waals surface area contributed by atoms with Gasteiger partial charge in [0.1, 0.15) is 18.3 Å². The van der Waals surface area contributed by atoms with Crippen molar-refractivity contribution in [2.45, 2.75) is 83.5 Å². The molecule has 0 aromatic heterocycles. The van der Waals surface area contributed by atoms with Gasteiger partial charge in [0.05, 0.1) is 12.5 Å². The summed E-state index contributed by atoms with van der Waals surface area (Å²) in [5, 5.41) is 30.2. The van der Waals surface area contributed by atoms with Crippen LogP contribution in [-0.4, -0.2) is 66.9 Å². The Morgan fingerprint density at radius 2 is 1.71 bits per heavy atom. The zero-order valence-corrected chi connectivity index (χ0v) is 16.6. The summed E-state index contributed by atoms with van der Waals surface area (Å²) in [6, 6.07) is 0. The topological polar surface area (TPSA) is 105 Å². The number of carbonyl (C=O) groups is 1. The predicted octanol–water partition coefficient (Wildman–Crippen LogP) is 1.01. The van der Waals surface area contributed by atoms with Gasteiger partial charge in [0.25, 0.3) is 0 Å². The van der Waals surface area contributed by atoms with Crippen molar-refractivity contribution in [3.05, 3.63) is 0 Å². The SMILES string of the molecule is CC(C)C(=O)O[C@@H]1[C@@H](O)[C@H](O)O[C@H](CO[Si](C)(C)C(C)(C)C)[C@H]1O. The molecule has 0 spiro atoms. The first-order valence-electron chi connectivity index (χ1n) is 8.32. The highest BCUT2D eigenvalue weighted by Crippen LogP contribution is 2.37. The zero-order valence-electron chi connectivity index (χ0n) is 15.6. The van der Waals surface area contributed by atoms with Gasteiger partial charge in [-0.15, -0.1) is 0 Å². The first kappa shape index (κ1) is 21.5. The number of hydrogen-bond acceptors (Lipinski definition) is 7. The van der Waals surface area contributed by atoms with E-state index in [0.717, 1.165) is 0 Å². The number of hydrogen-bond donors (Lipinski definition) is 3. The Morgan fingerprint density at radius 1 is 1.17 bits per heavy atom. The molecule has 0 bridgehead atoms. The summed E-state index contributed by atoms with van der Waals surface area (Å²) < 4.78 is 16.4. The molecule has 3 N–H and O–H groups in total. The maximum absolute atomic E-state index is 11.8. The van der Waals surface area contributed by atoms with Crippen molar-refractivity contribution >= 4 is 14.3 Å². The summed E-state index contributed by atoms with van der Waals surface area (Å²) in [5.74, 6) is -0.970. The Hall–Kier alpha value is -0.513. The number of esters is 1. The lowest BCUT2D eigenvalue weighted by molar-refractivity contribution is -0.289. The molecule has 1 rings (SSSR count). The maximum atomic E-state index is 11.8. The Labute approximate surface area is 145 Å². The summed E-state index contributed by atoms with van der Waals surface area (Å²) in [7, 11) is -2.07. The van der Waals surface area contributed by atoms with Crippen molar-refractivity contribution in [1.29, 1.82) is 0 Å². The third-order valence-corrected chi connectivity index (χ3v) is 9.30. The number of ether oxygens (including phenoxy) is 2. The fourth-order valence-electron chi connectivity index (χ4n) is 1.97. The van der Waals surface area contributed by atoms with Crippen molar-refractivity contribution < 1.29 is 34.0 Å². The van der Waals surface area contributed by atoms with Crippen LogP contribution in [0.4, 0.5) is 0 Å². The minimum atomic E-state index is -2.07. The molecule has 1 aliphatic rings. The normalized spacial score (nSPS) is 32.0. The van der Waals surface area contributed by atoms with E-state index < -0.39 is 50.9 Å². The van der Waals surface area contributed by atoms with Crippen molar-refractivity contribution in [2.24, 2.45) is 5.92 Å². The van der Waals surface area contributed by atoms with Crippen LogP contribution in [0, 0.1) is 5.92 Å². The van der Waals surface area contributed by atoms with E-state index in [2.05, 4.69) is 33.9 Å². The van der Waals surface area contributed by atoms with Gasteiger partial charge >= 0.3 is 5.97 Å². The minimum absolute atomic E-state index is 0.0196. The van der Waals surface area contributed by atoms with Gasteiger partial charge in [0.2, 0.25) is 0 Å². The number of carbonyl (C=O) groups excluding carboxylic acids is 1. The molecular weight excluding hydrogens is 332 g/mol. The summed E-state index contributed by atoms with van der Waals surface area (Å²) in [4.78, 5) is 11.8. The molecule has 8 heteroatoms. The van der Waals surface area contributed by atoms with E-state index in [1.54, 1.807) is 13.8 Å². The fraction of sp³-hybridized carbons (Fsp3) is 0.938. The van der Waals surface area contributed by atoms with E-state index >= 15 is 0 Å². The second kappa shape index (κ2) is 7.80. The minimum Gasteiger partial charge on any atom is -0.456 e. The standard InChI is InChI=1S/C16H32O7Si/c1-9(2)14(19)23-13-11(17)10(22-15(20)12(13)18)8-21-24(6,7)16(3,4)5/h9-13,15,17-18,20H,8H2,1-7H3/t10-,11-,12-,13+,15-/m1/s1. The van der Waals surface area contributed by atoms with Crippen molar-refractivity contribution in [3.8, 4) is 0 Å². The highest BCUT2D eigenvalue weighted by molar-refractivity contribution is 6.74. The number of aliphatic hydroxyl groups excluding tert-OH is 3. The Kier molecular flexibility index (Phi) is 7.00. The first-order chi connectivity index (χ1) is 10.8. The molecule has 1 saturated heterocycles. The number of aliphatic hydroxyl groups is 3. The zero-order chi connectivity index (χ0) is 18.9. The average Bonchev–Trinajstić information content (AvgIpc) is 2.44. The fourth-order valence-corrected chi connectivity index (χ4v) is 2.98. The van der Waals surface area contributed by atoms with Crippen LogP contribution in [0.3, 0.4) is 0 Å². The summed E-state index contributed by atoms with van der Waals surface area (Å²) in [5.41, 5.74) is 0. The van der Waals surface area contributed by atoms with E-state index in [-0.39, 0.29) is 11.6 Å². The molecular formula is C16H32O7Si. The second-order valence-electron chi connectivity index (χ2n) is 8.17. The first-order valence-corrected chi connectivity index (χ1v) is 11.2. The molecule has 7 nitrogen and oxygen atoms in total. The Morgan fingerprint density at radius 3 is 2.17 bits per heavy atom. The van der Waals surface area contributed by atoms with Crippen molar-refractivity contribution in [1.82, 2.24) is 0 Å². The highest BCUT2D eigenvalue weighted by Gasteiger charge is 2.47. The largest absolute Gasteiger partial charge is 0.456 e. The van der Waals surface area contributed by atoms with Gasteiger partial charge in [0.15, 0.2) is 20.7 Å². The molecule has 1 aliphatic heterocycles. The van der Waals surface area contributed by atoms with Crippen LogP contribution in [0.25, 0.3) is 0 Å². The second-order valence-corrected chi connectivity index (χ2v) is 13.0. The van der Waals surface area contributed by atoms with Crippen LogP contribution in [0.2, 0.25) is 18.1 Å².